The van der Waals surface area contributed by atoms with E-state index in [0.29, 0.717) is 39.6 Å². The lowest BCUT2D eigenvalue weighted by Crippen LogP contribution is -2.35. The first-order valence-corrected chi connectivity index (χ1v) is 11.4. The molecule has 0 radical (unpaired) electrons. The molecule has 0 spiro atoms. The highest BCUT2D eigenvalue weighted by Crippen LogP contribution is 2.27. The van der Waals surface area contributed by atoms with Gasteiger partial charge in [0.25, 0.3) is 5.56 Å². The van der Waals surface area contributed by atoms with E-state index in [0.717, 1.165) is 16.9 Å². The fraction of sp³-hybridized carbons (Fsp3) is 0.375. The molecule has 0 aliphatic rings. The Morgan fingerprint density at radius 3 is 2.79 bits per heavy atom. The van der Waals surface area contributed by atoms with Crippen LogP contribution in [0.5, 0.6) is 0 Å². The van der Waals surface area contributed by atoms with Crippen molar-refractivity contribution in [3.8, 4) is 12.3 Å². The summed E-state index contributed by atoms with van der Waals surface area (Å²) >= 11 is 1.15. The van der Waals surface area contributed by atoms with Crippen LogP contribution in [0.25, 0.3) is 10.2 Å². The Morgan fingerprint density at radius 2 is 2.09 bits per heavy atom. The quantitative estimate of drug-likeness (QED) is 0.253. The number of fused-ring (bicyclic) bond motifs is 1. The Bertz CT molecular complexity index is 1180. The van der Waals surface area contributed by atoms with Gasteiger partial charge in [-0.15, -0.1) is 17.8 Å². The SMILES string of the molecule is C#CCOC[C@H](O)CN(Cc1ccccc1)Cc1nc2sc(C(=O)OCC)c(C)c2c(=O)[nH]1. The molecule has 0 bridgehead atoms. The molecular formula is C24H27N3O5S. The summed E-state index contributed by atoms with van der Waals surface area (Å²) < 4.78 is 10.3. The summed E-state index contributed by atoms with van der Waals surface area (Å²) in [6.07, 6.45) is 4.42. The fourth-order valence-corrected chi connectivity index (χ4v) is 4.59. The lowest BCUT2D eigenvalue weighted by Gasteiger charge is -2.24. The molecule has 8 nitrogen and oxygen atoms in total. The van der Waals surface area contributed by atoms with Crippen molar-refractivity contribution in [2.75, 3.05) is 26.4 Å². The number of aromatic amines is 1. The number of carbonyl (C=O) groups is 1. The van der Waals surface area contributed by atoms with Crippen LogP contribution in [0.4, 0.5) is 0 Å². The Morgan fingerprint density at radius 1 is 1.33 bits per heavy atom. The molecule has 0 fully saturated rings. The van der Waals surface area contributed by atoms with Crippen molar-refractivity contribution in [2.45, 2.75) is 33.0 Å². The third-order valence-corrected chi connectivity index (χ3v) is 6.06. The number of thiophene rings is 1. The highest BCUT2D eigenvalue weighted by atomic mass is 32.1. The third kappa shape index (κ3) is 6.49. The van der Waals surface area contributed by atoms with Gasteiger partial charge in [-0.3, -0.25) is 9.69 Å². The maximum atomic E-state index is 12.8. The number of rotatable bonds is 11. The zero-order valence-electron chi connectivity index (χ0n) is 18.7. The Kier molecular flexibility index (Phi) is 8.74. The summed E-state index contributed by atoms with van der Waals surface area (Å²) in [6, 6.07) is 9.79. The maximum Gasteiger partial charge on any atom is 0.348 e. The minimum atomic E-state index is -0.767. The van der Waals surface area contributed by atoms with Crippen molar-refractivity contribution in [3.05, 3.63) is 62.5 Å². The first-order valence-electron chi connectivity index (χ1n) is 10.6. The number of terminal acetylenes is 1. The minimum Gasteiger partial charge on any atom is -0.462 e. The fourth-order valence-electron chi connectivity index (χ4n) is 3.50. The molecule has 0 aliphatic heterocycles. The molecule has 0 saturated carbocycles. The van der Waals surface area contributed by atoms with Crippen LogP contribution < -0.4 is 5.56 Å². The van der Waals surface area contributed by atoms with E-state index in [4.69, 9.17) is 15.9 Å². The Hall–Kier alpha value is -3.03. The van der Waals surface area contributed by atoms with Crippen LogP contribution >= 0.6 is 11.3 Å². The molecule has 9 heteroatoms. The zero-order chi connectivity index (χ0) is 23.8. The van der Waals surface area contributed by atoms with Gasteiger partial charge in [-0.25, -0.2) is 9.78 Å². The number of aromatic nitrogens is 2. The van der Waals surface area contributed by atoms with Crippen LogP contribution in [-0.4, -0.2) is 58.4 Å². The molecule has 1 aromatic carbocycles. The van der Waals surface area contributed by atoms with Crippen LogP contribution in [-0.2, 0) is 22.6 Å². The average molecular weight is 470 g/mol. The first kappa shape index (κ1) is 24.6. The van der Waals surface area contributed by atoms with Crippen LogP contribution in [0.15, 0.2) is 35.1 Å². The Labute approximate surface area is 196 Å². The molecule has 0 saturated heterocycles. The van der Waals surface area contributed by atoms with Gasteiger partial charge in [0, 0.05) is 13.1 Å². The first-order chi connectivity index (χ1) is 15.9. The lowest BCUT2D eigenvalue weighted by molar-refractivity contribution is 0.0238. The summed E-state index contributed by atoms with van der Waals surface area (Å²) in [5.41, 5.74) is 1.31. The van der Waals surface area contributed by atoms with E-state index in [1.54, 1.807) is 13.8 Å². The summed E-state index contributed by atoms with van der Waals surface area (Å²) in [5.74, 6) is 2.36. The molecule has 0 amide bonds. The number of nitrogens with zero attached hydrogens (tertiary/aromatic N) is 2. The van der Waals surface area contributed by atoms with Crippen molar-refractivity contribution >= 4 is 27.5 Å². The van der Waals surface area contributed by atoms with Gasteiger partial charge in [0.05, 0.1) is 31.2 Å². The van der Waals surface area contributed by atoms with Gasteiger partial charge in [-0.1, -0.05) is 36.3 Å². The number of H-pyrrole nitrogens is 1. The smallest absolute Gasteiger partial charge is 0.348 e. The summed E-state index contributed by atoms with van der Waals surface area (Å²) in [5, 5.41) is 10.8. The molecule has 2 aromatic heterocycles. The molecule has 174 valence electrons. The lowest BCUT2D eigenvalue weighted by atomic mass is 10.2. The minimum absolute atomic E-state index is 0.103. The average Bonchev–Trinajstić information content (AvgIpc) is 3.11. The van der Waals surface area contributed by atoms with E-state index in [2.05, 4.69) is 15.9 Å². The molecule has 1 atom stereocenters. The highest BCUT2D eigenvalue weighted by molar-refractivity contribution is 7.20. The predicted octanol–water partition coefficient (Wildman–Crippen LogP) is 2.48. The van der Waals surface area contributed by atoms with Gasteiger partial charge in [0.1, 0.15) is 22.1 Å². The topological polar surface area (TPSA) is 105 Å². The second-order valence-electron chi connectivity index (χ2n) is 7.50. The number of esters is 1. The highest BCUT2D eigenvalue weighted by Gasteiger charge is 2.21. The van der Waals surface area contributed by atoms with Crippen molar-refractivity contribution < 1.29 is 19.4 Å². The second kappa shape index (κ2) is 11.7. The number of ether oxygens (including phenoxy) is 2. The van der Waals surface area contributed by atoms with E-state index in [-0.39, 0.29) is 31.9 Å². The van der Waals surface area contributed by atoms with Gasteiger partial charge in [0.2, 0.25) is 0 Å². The monoisotopic (exact) mass is 469 g/mol. The van der Waals surface area contributed by atoms with Crippen LogP contribution in [0, 0.1) is 19.3 Å². The van der Waals surface area contributed by atoms with E-state index >= 15 is 0 Å². The number of carbonyl (C=O) groups excluding carboxylic acids is 1. The van der Waals surface area contributed by atoms with Gasteiger partial charge < -0.3 is 19.6 Å². The molecule has 3 aromatic rings. The number of nitrogens with one attached hydrogen (secondary N) is 1. The normalized spacial score (nSPS) is 12.1. The van der Waals surface area contributed by atoms with Crippen molar-refractivity contribution in [3.63, 3.8) is 0 Å². The number of aliphatic hydroxyl groups excluding tert-OH is 1. The van der Waals surface area contributed by atoms with Crippen LogP contribution in [0.2, 0.25) is 0 Å². The van der Waals surface area contributed by atoms with Gasteiger partial charge in [-0.2, -0.15) is 0 Å². The van der Waals surface area contributed by atoms with Crippen molar-refractivity contribution in [2.24, 2.45) is 0 Å². The van der Waals surface area contributed by atoms with E-state index < -0.39 is 12.1 Å². The van der Waals surface area contributed by atoms with E-state index in [1.165, 1.54) is 0 Å². The number of hydrogen-bond acceptors (Lipinski definition) is 8. The number of aliphatic hydroxyl groups is 1. The Balaban J connectivity index is 1.85. The standard InChI is InChI=1S/C24H27N3O5S/c1-4-11-31-15-18(28)13-27(12-17-9-7-6-8-10-17)14-19-25-22(29)20-16(3)21(24(30)32-5-2)33-23(20)26-19/h1,6-10,18,28H,5,11-15H2,2-3H3,(H,25,26,29)/t18-/m1/s1. The molecule has 0 aliphatic carbocycles. The zero-order valence-corrected chi connectivity index (χ0v) is 19.5. The van der Waals surface area contributed by atoms with E-state index in [1.807, 2.05) is 35.2 Å². The molecule has 3 rings (SSSR count). The summed E-state index contributed by atoms with van der Waals surface area (Å²) in [7, 11) is 0. The van der Waals surface area contributed by atoms with Gasteiger partial charge >= 0.3 is 5.97 Å². The molecule has 33 heavy (non-hydrogen) atoms. The summed E-state index contributed by atoms with van der Waals surface area (Å²) in [4.78, 5) is 35.3. The molecule has 2 heterocycles. The van der Waals surface area contributed by atoms with Crippen LogP contribution in [0.3, 0.4) is 0 Å². The van der Waals surface area contributed by atoms with Crippen LogP contribution in [0.1, 0.15) is 33.5 Å². The van der Waals surface area contributed by atoms with Crippen molar-refractivity contribution in [1.82, 2.24) is 14.9 Å². The third-order valence-electron chi connectivity index (χ3n) is 4.90. The predicted molar refractivity (Wildman–Crippen MR) is 127 cm³/mol. The van der Waals surface area contributed by atoms with E-state index in [9.17, 15) is 14.7 Å². The molecular weight excluding hydrogens is 442 g/mol. The van der Waals surface area contributed by atoms with Gasteiger partial charge in [-0.05, 0) is 25.0 Å². The molecule has 0 unspecified atom stereocenters. The second-order valence-corrected chi connectivity index (χ2v) is 8.50. The van der Waals surface area contributed by atoms with Gasteiger partial charge in [0.15, 0.2) is 0 Å². The maximum absolute atomic E-state index is 12.8. The number of benzene rings is 1. The van der Waals surface area contributed by atoms with Crippen molar-refractivity contribution in [1.29, 1.82) is 0 Å². The number of aryl methyl sites for hydroxylation is 1. The summed E-state index contributed by atoms with van der Waals surface area (Å²) in [6.45, 7) is 5.05. The molecule has 2 N–H and O–H groups in total. The largest absolute Gasteiger partial charge is 0.462 e. The number of hydrogen-bond donors (Lipinski definition) is 2.